The lowest BCUT2D eigenvalue weighted by Crippen LogP contribution is -2.51. The smallest absolute Gasteiger partial charge is 0.303 e. The van der Waals surface area contributed by atoms with Crippen molar-refractivity contribution in [1.29, 1.82) is 0 Å². The predicted octanol–water partition coefficient (Wildman–Crippen LogP) is 0.861. The van der Waals surface area contributed by atoms with E-state index in [4.69, 9.17) is 4.74 Å². The standard InChI is InChI=1S/C18H29NO6/c1-10-8-18(3,25-11(2)20)9-13(17(10)24)14(21)5-12-6-15(22)19(4)16(23)7-12/h10,12-14,17,21,24H,5-9H2,1-4H3. The van der Waals surface area contributed by atoms with Gasteiger partial charge in [0.25, 0.3) is 0 Å². The number of amides is 2. The van der Waals surface area contributed by atoms with Crippen molar-refractivity contribution in [2.75, 3.05) is 7.05 Å². The number of hydrogen-bond donors (Lipinski definition) is 2. The summed E-state index contributed by atoms with van der Waals surface area (Å²) in [7, 11) is 1.47. The van der Waals surface area contributed by atoms with Crippen molar-refractivity contribution in [3.63, 3.8) is 0 Å². The number of hydrogen-bond acceptors (Lipinski definition) is 6. The van der Waals surface area contributed by atoms with Crippen molar-refractivity contribution in [3.8, 4) is 0 Å². The Hall–Kier alpha value is -1.47. The Balaban J connectivity index is 2.06. The maximum atomic E-state index is 11.8. The SMILES string of the molecule is CC(=O)OC1(C)CC(C)C(O)C(C(O)CC2CC(=O)N(C)C(=O)C2)C1. The number of piperidine rings is 1. The molecular formula is C18H29NO6. The number of esters is 1. The molecule has 142 valence electrons. The predicted molar refractivity (Wildman–Crippen MR) is 89.2 cm³/mol. The topological polar surface area (TPSA) is 104 Å². The number of likely N-dealkylation sites (tertiary alicyclic amines) is 1. The molecule has 1 saturated heterocycles. The molecule has 2 N–H and O–H groups in total. The van der Waals surface area contributed by atoms with E-state index in [1.807, 2.05) is 13.8 Å². The highest BCUT2D eigenvalue weighted by atomic mass is 16.6. The number of imide groups is 1. The molecule has 2 aliphatic rings. The third-order valence-electron chi connectivity index (χ3n) is 5.58. The van der Waals surface area contributed by atoms with Gasteiger partial charge >= 0.3 is 5.97 Å². The van der Waals surface area contributed by atoms with Gasteiger partial charge in [0, 0.05) is 32.7 Å². The number of carbonyl (C=O) groups excluding carboxylic acids is 3. The number of ether oxygens (including phenoxy) is 1. The van der Waals surface area contributed by atoms with Crippen LogP contribution in [0.5, 0.6) is 0 Å². The lowest BCUT2D eigenvalue weighted by Gasteiger charge is -2.45. The summed E-state index contributed by atoms with van der Waals surface area (Å²) in [6.45, 7) is 5.04. The van der Waals surface area contributed by atoms with Crippen LogP contribution in [0, 0.1) is 17.8 Å². The van der Waals surface area contributed by atoms with Gasteiger partial charge in [-0.1, -0.05) is 6.92 Å². The van der Waals surface area contributed by atoms with Crippen molar-refractivity contribution >= 4 is 17.8 Å². The summed E-state index contributed by atoms with van der Waals surface area (Å²) in [5.41, 5.74) is -0.728. The van der Waals surface area contributed by atoms with Gasteiger partial charge in [-0.3, -0.25) is 19.3 Å². The molecule has 0 aromatic carbocycles. The second-order valence-electron chi connectivity index (χ2n) is 8.01. The first-order valence-electron chi connectivity index (χ1n) is 8.87. The zero-order valence-electron chi connectivity index (χ0n) is 15.4. The van der Waals surface area contributed by atoms with Gasteiger partial charge < -0.3 is 14.9 Å². The van der Waals surface area contributed by atoms with Gasteiger partial charge in [-0.25, -0.2) is 0 Å². The molecule has 5 atom stereocenters. The van der Waals surface area contributed by atoms with Crippen molar-refractivity contribution in [2.24, 2.45) is 17.8 Å². The molecule has 25 heavy (non-hydrogen) atoms. The Labute approximate surface area is 148 Å². The molecule has 1 aliphatic carbocycles. The van der Waals surface area contributed by atoms with E-state index < -0.39 is 23.7 Å². The van der Waals surface area contributed by atoms with E-state index in [1.54, 1.807) is 0 Å². The molecule has 7 nitrogen and oxygen atoms in total. The number of aliphatic hydroxyl groups excluding tert-OH is 2. The summed E-state index contributed by atoms with van der Waals surface area (Å²) >= 11 is 0. The second kappa shape index (κ2) is 7.41. The molecule has 1 aliphatic heterocycles. The summed E-state index contributed by atoms with van der Waals surface area (Å²) in [5.74, 6) is -1.68. The Morgan fingerprint density at radius 1 is 1.32 bits per heavy atom. The lowest BCUT2D eigenvalue weighted by atomic mass is 9.68. The van der Waals surface area contributed by atoms with Crippen LogP contribution in [0.1, 0.15) is 52.9 Å². The third kappa shape index (κ3) is 4.58. The van der Waals surface area contributed by atoms with E-state index in [1.165, 1.54) is 14.0 Å². The Morgan fingerprint density at radius 3 is 2.40 bits per heavy atom. The molecule has 7 heteroatoms. The maximum absolute atomic E-state index is 11.8. The van der Waals surface area contributed by atoms with Gasteiger partial charge in [-0.15, -0.1) is 0 Å². The monoisotopic (exact) mass is 355 g/mol. The van der Waals surface area contributed by atoms with Crippen LogP contribution in [0.25, 0.3) is 0 Å². The molecule has 1 heterocycles. The molecule has 5 unspecified atom stereocenters. The van der Waals surface area contributed by atoms with E-state index in [9.17, 15) is 24.6 Å². The minimum absolute atomic E-state index is 0.126. The van der Waals surface area contributed by atoms with Gasteiger partial charge in [0.15, 0.2) is 0 Å². The lowest BCUT2D eigenvalue weighted by molar-refractivity contribution is -0.174. The van der Waals surface area contributed by atoms with Gasteiger partial charge in [0.05, 0.1) is 12.2 Å². The summed E-state index contributed by atoms with van der Waals surface area (Å²) in [5, 5.41) is 21.2. The van der Waals surface area contributed by atoms with Crippen molar-refractivity contribution < 1.29 is 29.3 Å². The Kier molecular flexibility index (Phi) is 5.89. The molecule has 0 spiro atoms. The minimum atomic E-state index is -0.860. The van der Waals surface area contributed by atoms with E-state index in [0.29, 0.717) is 12.8 Å². The van der Waals surface area contributed by atoms with Crippen molar-refractivity contribution in [3.05, 3.63) is 0 Å². The highest BCUT2D eigenvalue weighted by Gasteiger charge is 2.46. The number of aliphatic hydroxyl groups is 2. The minimum Gasteiger partial charge on any atom is -0.460 e. The van der Waals surface area contributed by atoms with Gasteiger partial charge in [-0.05, 0) is 38.0 Å². The quantitative estimate of drug-likeness (QED) is 0.573. The molecule has 0 bridgehead atoms. The van der Waals surface area contributed by atoms with Crippen LogP contribution in [0.3, 0.4) is 0 Å². The van der Waals surface area contributed by atoms with Crippen molar-refractivity contribution in [2.45, 2.75) is 70.7 Å². The second-order valence-corrected chi connectivity index (χ2v) is 8.01. The third-order valence-corrected chi connectivity index (χ3v) is 5.58. The summed E-state index contributed by atoms with van der Waals surface area (Å²) in [6.07, 6.45) is 0.0295. The fourth-order valence-corrected chi connectivity index (χ4v) is 4.38. The molecular weight excluding hydrogens is 326 g/mol. The Morgan fingerprint density at radius 2 is 1.88 bits per heavy atom. The van der Waals surface area contributed by atoms with Crippen LogP contribution < -0.4 is 0 Å². The van der Waals surface area contributed by atoms with Crippen LogP contribution in [0.4, 0.5) is 0 Å². The normalized spacial score (nSPS) is 35.6. The van der Waals surface area contributed by atoms with Crippen molar-refractivity contribution in [1.82, 2.24) is 4.90 Å². The van der Waals surface area contributed by atoms with Gasteiger partial charge in [0.1, 0.15) is 5.60 Å². The molecule has 0 radical (unpaired) electrons. The Bertz CT molecular complexity index is 532. The maximum Gasteiger partial charge on any atom is 0.303 e. The summed E-state index contributed by atoms with van der Waals surface area (Å²) in [4.78, 5) is 36.2. The first kappa shape index (κ1) is 19.8. The average Bonchev–Trinajstić information content (AvgIpc) is 2.47. The highest BCUT2D eigenvalue weighted by Crippen LogP contribution is 2.41. The van der Waals surface area contributed by atoms with Crippen LogP contribution >= 0.6 is 0 Å². The first-order valence-corrected chi connectivity index (χ1v) is 8.87. The fraction of sp³-hybridized carbons (Fsp3) is 0.833. The molecule has 1 saturated carbocycles. The van der Waals surface area contributed by atoms with Gasteiger partial charge in [-0.2, -0.15) is 0 Å². The average molecular weight is 355 g/mol. The number of rotatable bonds is 4. The summed E-state index contributed by atoms with van der Waals surface area (Å²) in [6, 6.07) is 0. The van der Waals surface area contributed by atoms with E-state index >= 15 is 0 Å². The van der Waals surface area contributed by atoms with E-state index in [0.717, 1.165) is 4.90 Å². The molecule has 2 amide bonds. The first-order chi connectivity index (χ1) is 11.5. The van der Waals surface area contributed by atoms with Crippen LogP contribution in [0.15, 0.2) is 0 Å². The highest BCUT2D eigenvalue weighted by molar-refractivity contribution is 5.97. The number of nitrogens with zero attached hydrogens (tertiary/aromatic N) is 1. The molecule has 2 fully saturated rings. The number of carbonyl (C=O) groups is 3. The van der Waals surface area contributed by atoms with Gasteiger partial charge in [0.2, 0.25) is 11.8 Å². The van der Waals surface area contributed by atoms with E-state index in [-0.39, 0.29) is 48.9 Å². The van der Waals surface area contributed by atoms with Crippen LogP contribution in [-0.4, -0.2) is 57.8 Å². The molecule has 0 aromatic rings. The largest absolute Gasteiger partial charge is 0.460 e. The van der Waals surface area contributed by atoms with Crippen LogP contribution in [-0.2, 0) is 19.1 Å². The zero-order valence-corrected chi connectivity index (χ0v) is 15.4. The molecule has 0 aromatic heterocycles. The zero-order chi connectivity index (χ0) is 18.9. The van der Waals surface area contributed by atoms with Crippen LogP contribution in [0.2, 0.25) is 0 Å². The summed E-state index contributed by atoms with van der Waals surface area (Å²) < 4.78 is 5.44. The fourth-order valence-electron chi connectivity index (χ4n) is 4.38. The van der Waals surface area contributed by atoms with E-state index in [2.05, 4.69) is 0 Å². The molecule has 2 rings (SSSR count).